The second kappa shape index (κ2) is 8.52. The Morgan fingerprint density at radius 2 is 1.83 bits per heavy atom. The van der Waals surface area contributed by atoms with Gasteiger partial charge in [-0.05, 0) is 43.3 Å². The maximum atomic E-state index is 11.9. The van der Waals surface area contributed by atoms with E-state index in [0.29, 0.717) is 18.0 Å². The molecule has 1 N–H and O–H groups in total. The summed E-state index contributed by atoms with van der Waals surface area (Å²) in [6, 6.07) is 9.68. The van der Waals surface area contributed by atoms with E-state index in [-0.39, 0.29) is 15.9 Å². The van der Waals surface area contributed by atoms with Crippen molar-refractivity contribution >= 4 is 40.8 Å². The van der Waals surface area contributed by atoms with Crippen molar-refractivity contribution in [2.75, 3.05) is 18.5 Å². The molecule has 24 heavy (non-hydrogen) atoms. The molecule has 8 heteroatoms. The first-order valence-corrected chi connectivity index (χ1v) is 7.77. The summed E-state index contributed by atoms with van der Waals surface area (Å²) in [4.78, 5) is 27.5. The van der Waals surface area contributed by atoms with Crippen LogP contribution >= 0.6 is 23.2 Å². The third kappa shape index (κ3) is 5.11. The van der Waals surface area contributed by atoms with E-state index in [0.717, 1.165) is 0 Å². The van der Waals surface area contributed by atoms with E-state index in [1.165, 1.54) is 12.1 Å². The minimum Gasteiger partial charge on any atom is -0.494 e. The average molecular weight is 369 g/mol. The quantitative estimate of drug-likeness (QED) is 0.622. The highest BCUT2D eigenvalue weighted by molar-refractivity contribution is 6.34. The van der Waals surface area contributed by atoms with E-state index >= 15 is 0 Å². The molecule has 0 spiro atoms. The minimum atomic E-state index is -0.829. The molecule has 0 radical (unpaired) electrons. The van der Waals surface area contributed by atoms with Crippen molar-refractivity contribution in [2.24, 2.45) is 0 Å². The van der Waals surface area contributed by atoms with Crippen LogP contribution in [0, 0.1) is 0 Å². The fraction of sp³-hybridized carbons (Fsp3) is 0.188. The highest BCUT2D eigenvalue weighted by Gasteiger charge is 2.16. The standard InChI is InChI=1S/C16H14Cl2N2O4/c1-2-23-11-5-3-10(4-6-11)19-14(21)9-24-16(22)15-12(17)7-8-13(18)20-15/h3-8H,2,9H2,1H3,(H,19,21). The molecule has 0 aliphatic heterocycles. The van der Waals surface area contributed by atoms with Gasteiger partial charge in [-0.15, -0.1) is 0 Å². The molecule has 0 aliphatic rings. The number of anilines is 1. The number of aromatic nitrogens is 1. The Morgan fingerprint density at radius 3 is 2.50 bits per heavy atom. The molecule has 0 fully saturated rings. The first-order valence-electron chi connectivity index (χ1n) is 7.01. The summed E-state index contributed by atoms with van der Waals surface area (Å²) in [6.07, 6.45) is 0. The summed E-state index contributed by atoms with van der Waals surface area (Å²) in [5.41, 5.74) is 0.413. The Kier molecular flexibility index (Phi) is 6.40. The van der Waals surface area contributed by atoms with Crippen LogP contribution < -0.4 is 10.1 Å². The van der Waals surface area contributed by atoms with Gasteiger partial charge >= 0.3 is 5.97 Å². The van der Waals surface area contributed by atoms with Crippen molar-refractivity contribution < 1.29 is 19.1 Å². The predicted molar refractivity (Wildman–Crippen MR) is 90.8 cm³/mol. The molecule has 0 bridgehead atoms. The van der Waals surface area contributed by atoms with E-state index in [4.69, 9.17) is 32.7 Å². The Balaban J connectivity index is 1.88. The van der Waals surface area contributed by atoms with Gasteiger partial charge in [-0.25, -0.2) is 9.78 Å². The molecule has 0 saturated heterocycles. The second-order valence-corrected chi connectivity index (χ2v) is 5.34. The van der Waals surface area contributed by atoms with Crippen LogP contribution in [0.5, 0.6) is 5.75 Å². The van der Waals surface area contributed by atoms with E-state index in [2.05, 4.69) is 10.3 Å². The van der Waals surface area contributed by atoms with E-state index in [1.807, 2.05) is 6.92 Å². The summed E-state index contributed by atoms with van der Waals surface area (Å²) in [7, 11) is 0. The monoisotopic (exact) mass is 368 g/mol. The number of amides is 1. The lowest BCUT2D eigenvalue weighted by molar-refractivity contribution is -0.119. The highest BCUT2D eigenvalue weighted by Crippen LogP contribution is 2.18. The van der Waals surface area contributed by atoms with Crippen LogP contribution in [0.25, 0.3) is 0 Å². The van der Waals surface area contributed by atoms with Crippen LogP contribution in [0.2, 0.25) is 10.2 Å². The molecular formula is C16H14Cl2N2O4. The van der Waals surface area contributed by atoms with Gasteiger partial charge in [-0.1, -0.05) is 23.2 Å². The van der Waals surface area contributed by atoms with E-state index in [1.54, 1.807) is 24.3 Å². The number of hydrogen-bond donors (Lipinski definition) is 1. The van der Waals surface area contributed by atoms with Crippen LogP contribution in [0.1, 0.15) is 17.4 Å². The van der Waals surface area contributed by atoms with Crippen LogP contribution in [0.4, 0.5) is 5.69 Å². The molecule has 1 amide bonds. The lowest BCUT2D eigenvalue weighted by atomic mass is 10.3. The number of hydrogen-bond acceptors (Lipinski definition) is 5. The number of carbonyl (C=O) groups is 2. The zero-order valence-electron chi connectivity index (χ0n) is 12.7. The average Bonchev–Trinajstić information content (AvgIpc) is 2.57. The number of nitrogens with one attached hydrogen (secondary N) is 1. The highest BCUT2D eigenvalue weighted by atomic mass is 35.5. The first kappa shape index (κ1) is 18.0. The summed E-state index contributed by atoms with van der Waals surface area (Å²) in [5.74, 6) is -0.626. The Morgan fingerprint density at radius 1 is 1.12 bits per heavy atom. The fourth-order valence-electron chi connectivity index (χ4n) is 1.76. The smallest absolute Gasteiger partial charge is 0.359 e. The SMILES string of the molecule is CCOc1ccc(NC(=O)COC(=O)c2nc(Cl)ccc2Cl)cc1. The van der Waals surface area contributed by atoms with Crippen LogP contribution in [0.3, 0.4) is 0 Å². The summed E-state index contributed by atoms with van der Waals surface area (Å²) < 4.78 is 10.2. The topological polar surface area (TPSA) is 77.5 Å². The molecule has 0 unspecified atom stereocenters. The predicted octanol–water partition coefficient (Wildman–Crippen LogP) is 3.58. The minimum absolute atomic E-state index is 0.0938. The largest absolute Gasteiger partial charge is 0.494 e. The van der Waals surface area contributed by atoms with E-state index in [9.17, 15) is 9.59 Å². The zero-order valence-corrected chi connectivity index (χ0v) is 14.2. The van der Waals surface area contributed by atoms with Crippen molar-refractivity contribution in [3.63, 3.8) is 0 Å². The van der Waals surface area contributed by atoms with Gasteiger partial charge in [0, 0.05) is 5.69 Å². The van der Waals surface area contributed by atoms with Gasteiger partial charge in [0.25, 0.3) is 5.91 Å². The van der Waals surface area contributed by atoms with Gasteiger partial charge < -0.3 is 14.8 Å². The number of nitrogens with zero attached hydrogens (tertiary/aromatic N) is 1. The molecular weight excluding hydrogens is 355 g/mol. The van der Waals surface area contributed by atoms with Crippen molar-refractivity contribution in [1.29, 1.82) is 0 Å². The number of rotatable bonds is 6. The third-order valence-corrected chi connectivity index (χ3v) is 3.30. The van der Waals surface area contributed by atoms with Crippen molar-refractivity contribution in [1.82, 2.24) is 4.98 Å². The molecule has 1 heterocycles. The van der Waals surface area contributed by atoms with Crippen LogP contribution in [0.15, 0.2) is 36.4 Å². The molecule has 0 atom stereocenters. The number of esters is 1. The maximum Gasteiger partial charge on any atom is 0.359 e. The Bertz CT molecular complexity index is 735. The number of ether oxygens (including phenoxy) is 2. The zero-order chi connectivity index (χ0) is 17.5. The second-order valence-electron chi connectivity index (χ2n) is 4.55. The number of pyridine rings is 1. The summed E-state index contributed by atoms with van der Waals surface area (Å²) in [6.45, 7) is 1.96. The number of carbonyl (C=O) groups excluding carboxylic acids is 2. The molecule has 0 aliphatic carbocycles. The number of benzene rings is 1. The Hall–Kier alpha value is -2.31. The Labute approximate surface area is 148 Å². The third-order valence-electron chi connectivity index (χ3n) is 2.79. The molecule has 1 aromatic heterocycles. The van der Waals surface area contributed by atoms with E-state index < -0.39 is 18.5 Å². The summed E-state index contributed by atoms with van der Waals surface area (Å²) in [5, 5.41) is 2.79. The van der Waals surface area contributed by atoms with Crippen LogP contribution in [-0.4, -0.2) is 30.1 Å². The van der Waals surface area contributed by atoms with Gasteiger partial charge in [-0.2, -0.15) is 0 Å². The van der Waals surface area contributed by atoms with Crippen molar-refractivity contribution in [2.45, 2.75) is 6.92 Å². The van der Waals surface area contributed by atoms with Gasteiger partial charge in [0.05, 0.1) is 11.6 Å². The molecule has 2 rings (SSSR count). The molecule has 0 saturated carbocycles. The maximum absolute atomic E-state index is 11.9. The van der Waals surface area contributed by atoms with Crippen LogP contribution in [-0.2, 0) is 9.53 Å². The molecule has 1 aromatic carbocycles. The molecule has 2 aromatic rings. The lowest BCUT2D eigenvalue weighted by Crippen LogP contribution is -2.21. The first-order chi connectivity index (χ1) is 11.5. The van der Waals surface area contributed by atoms with Crippen molar-refractivity contribution in [3.05, 3.63) is 52.3 Å². The van der Waals surface area contributed by atoms with Gasteiger partial charge in [0.2, 0.25) is 0 Å². The van der Waals surface area contributed by atoms with Gasteiger partial charge in [0.1, 0.15) is 10.9 Å². The molecule has 6 nitrogen and oxygen atoms in total. The van der Waals surface area contributed by atoms with Crippen molar-refractivity contribution in [3.8, 4) is 5.75 Å². The summed E-state index contributed by atoms with van der Waals surface area (Å²) >= 11 is 11.5. The number of halogens is 2. The normalized spacial score (nSPS) is 10.1. The lowest BCUT2D eigenvalue weighted by Gasteiger charge is -2.08. The molecule has 126 valence electrons. The van der Waals surface area contributed by atoms with Gasteiger partial charge in [0.15, 0.2) is 12.3 Å². The van der Waals surface area contributed by atoms with Gasteiger partial charge in [-0.3, -0.25) is 4.79 Å². The fourth-order valence-corrected chi connectivity index (χ4v) is 2.09.